The molecule has 20 heavy (non-hydrogen) atoms. The van der Waals surface area contributed by atoms with Gasteiger partial charge in [0.25, 0.3) is 0 Å². The zero-order valence-electron chi connectivity index (χ0n) is 13.3. The summed E-state index contributed by atoms with van der Waals surface area (Å²) in [5.41, 5.74) is 6.42. The van der Waals surface area contributed by atoms with E-state index in [-0.39, 0.29) is 5.54 Å². The fraction of sp³-hybridized carbons (Fsp3) is 1.00. The van der Waals surface area contributed by atoms with Gasteiger partial charge in [-0.05, 0) is 32.1 Å². The van der Waals surface area contributed by atoms with Crippen molar-refractivity contribution in [2.45, 2.75) is 69.9 Å². The van der Waals surface area contributed by atoms with E-state index in [4.69, 9.17) is 5.73 Å². The zero-order valence-corrected chi connectivity index (χ0v) is 13.3. The van der Waals surface area contributed by atoms with Crippen LogP contribution in [0.4, 0.5) is 0 Å². The third-order valence-electron chi connectivity index (χ3n) is 6.31. The van der Waals surface area contributed by atoms with Gasteiger partial charge in [-0.25, -0.2) is 0 Å². The summed E-state index contributed by atoms with van der Waals surface area (Å²) in [5, 5.41) is 0. The predicted octanol–water partition coefficient (Wildman–Crippen LogP) is 2.45. The standard InChI is InChI=1S/C17H33N3/c1-17(14-18,13-15-5-4-6-15)20-11-9-19(10-12-20)16-7-2-3-8-16/h15-16H,2-14,18H2,1H3. The minimum Gasteiger partial charge on any atom is -0.329 e. The molecule has 116 valence electrons. The summed E-state index contributed by atoms with van der Waals surface area (Å²) in [7, 11) is 0. The first-order chi connectivity index (χ1) is 9.71. The van der Waals surface area contributed by atoms with Crippen molar-refractivity contribution >= 4 is 0 Å². The first kappa shape index (κ1) is 14.8. The van der Waals surface area contributed by atoms with Crippen LogP contribution in [-0.2, 0) is 0 Å². The van der Waals surface area contributed by atoms with Crippen LogP contribution in [0.5, 0.6) is 0 Å². The van der Waals surface area contributed by atoms with Gasteiger partial charge in [0, 0.05) is 44.3 Å². The summed E-state index contributed by atoms with van der Waals surface area (Å²) >= 11 is 0. The molecule has 0 aromatic rings. The van der Waals surface area contributed by atoms with Gasteiger partial charge in [-0.2, -0.15) is 0 Å². The lowest BCUT2D eigenvalue weighted by molar-refractivity contribution is 0.0112. The molecule has 0 spiro atoms. The van der Waals surface area contributed by atoms with Crippen LogP contribution >= 0.6 is 0 Å². The number of hydrogen-bond donors (Lipinski definition) is 1. The monoisotopic (exact) mass is 279 g/mol. The van der Waals surface area contributed by atoms with Crippen molar-refractivity contribution < 1.29 is 0 Å². The molecule has 1 unspecified atom stereocenters. The molecule has 2 aliphatic carbocycles. The molecule has 3 fully saturated rings. The summed E-state index contributed by atoms with van der Waals surface area (Å²) in [6.07, 6.45) is 11.4. The Morgan fingerprint density at radius 1 is 0.950 bits per heavy atom. The predicted molar refractivity (Wildman–Crippen MR) is 84.8 cm³/mol. The van der Waals surface area contributed by atoms with Crippen LogP contribution in [0, 0.1) is 5.92 Å². The molecule has 1 atom stereocenters. The van der Waals surface area contributed by atoms with Gasteiger partial charge in [-0.1, -0.05) is 32.1 Å². The summed E-state index contributed by atoms with van der Waals surface area (Å²) in [6, 6.07) is 0.896. The molecular weight excluding hydrogens is 246 g/mol. The fourth-order valence-electron chi connectivity index (χ4n) is 4.56. The van der Waals surface area contributed by atoms with Gasteiger partial charge in [-0.3, -0.25) is 9.80 Å². The normalized spacial score (nSPS) is 30.3. The van der Waals surface area contributed by atoms with E-state index >= 15 is 0 Å². The Kier molecular flexibility index (Phi) is 4.68. The summed E-state index contributed by atoms with van der Waals surface area (Å²) in [5.74, 6) is 0.955. The average Bonchev–Trinajstić information content (AvgIpc) is 2.97. The van der Waals surface area contributed by atoms with Crippen LogP contribution in [0.1, 0.15) is 58.3 Å². The molecule has 3 rings (SSSR count). The fourth-order valence-corrected chi connectivity index (χ4v) is 4.56. The van der Waals surface area contributed by atoms with Crippen LogP contribution in [0.3, 0.4) is 0 Å². The first-order valence-electron chi connectivity index (χ1n) is 8.90. The van der Waals surface area contributed by atoms with Crippen molar-refractivity contribution in [2.24, 2.45) is 11.7 Å². The summed E-state index contributed by atoms with van der Waals surface area (Å²) < 4.78 is 0. The molecule has 1 saturated heterocycles. The largest absolute Gasteiger partial charge is 0.329 e. The molecule has 0 radical (unpaired) electrons. The lowest BCUT2D eigenvalue weighted by Gasteiger charge is -2.49. The molecule has 3 heteroatoms. The molecule has 0 aromatic heterocycles. The Labute approximate surface area is 124 Å². The van der Waals surface area contributed by atoms with Gasteiger partial charge >= 0.3 is 0 Å². The molecular formula is C17H33N3. The highest BCUT2D eigenvalue weighted by molar-refractivity contribution is 4.94. The number of nitrogens with zero attached hydrogens (tertiary/aromatic N) is 2. The van der Waals surface area contributed by atoms with Gasteiger partial charge in [0.1, 0.15) is 0 Å². The third-order valence-corrected chi connectivity index (χ3v) is 6.31. The Morgan fingerprint density at radius 3 is 2.10 bits per heavy atom. The van der Waals surface area contributed by atoms with E-state index in [1.54, 1.807) is 0 Å². The highest BCUT2D eigenvalue weighted by atomic mass is 15.3. The van der Waals surface area contributed by atoms with E-state index in [0.717, 1.165) is 18.5 Å². The number of piperazine rings is 1. The Morgan fingerprint density at radius 2 is 1.60 bits per heavy atom. The summed E-state index contributed by atoms with van der Waals surface area (Å²) in [6.45, 7) is 8.24. The van der Waals surface area contributed by atoms with Gasteiger partial charge in [0.15, 0.2) is 0 Å². The lowest BCUT2D eigenvalue weighted by atomic mass is 9.75. The van der Waals surface area contributed by atoms with E-state index < -0.39 is 0 Å². The Balaban J connectivity index is 1.52. The van der Waals surface area contributed by atoms with Gasteiger partial charge in [-0.15, -0.1) is 0 Å². The molecule has 2 N–H and O–H groups in total. The molecule has 3 nitrogen and oxygen atoms in total. The van der Waals surface area contributed by atoms with E-state index in [2.05, 4.69) is 16.7 Å². The van der Waals surface area contributed by atoms with Crippen molar-refractivity contribution in [3.63, 3.8) is 0 Å². The average molecular weight is 279 g/mol. The zero-order chi connectivity index (χ0) is 14.0. The smallest absolute Gasteiger partial charge is 0.0307 e. The van der Waals surface area contributed by atoms with E-state index in [1.165, 1.54) is 77.5 Å². The van der Waals surface area contributed by atoms with Crippen LogP contribution < -0.4 is 5.73 Å². The highest BCUT2D eigenvalue weighted by Crippen LogP contribution is 2.36. The molecule has 1 aliphatic heterocycles. The van der Waals surface area contributed by atoms with Crippen LogP contribution in [0.25, 0.3) is 0 Å². The number of hydrogen-bond acceptors (Lipinski definition) is 3. The second kappa shape index (κ2) is 6.33. The minimum absolute atomic E-state index is 0.257. The van der Waals surface area contributed by atoms with Gasteiger partial charge in [0.2, 0.25) is 0 Å². The second-order valence-corrected chi connectivity index (χ2v) is 7.66. The lowest BCUT2D eigenvalue weighted by Crippen LogP contribution is -2.60. The summed E-state index contributed by atoms with van der Waals surface area (Å²) in [4.78, 5) is 5.46. The van der Waals surface area contributed by atoms with E-state index in [1.807, 2.05) is 0 Å². The molecule has 0 amide bonds. The first-order valence-corrected chi connectivity index (χ1v) is 8.90. The minimum atomic E-state index is 0.257. The molecule has 3 aliphatic rings. The maximum Gasteiger partial charge on any atom is 0.0307 e. The van der Waals surface area contributed by atoms with Crippen molar-refractivity contribution in [3.8, 4) is 0 Å². The Bertz CT molecular complexity index is 301. The van der Waals surface area contributed by atoms with Crippen molar-refractivity contribution in [1.82, 2.24) is 9.80 Å². The third kappa shape index (κ3) is 3.05. The van der Waals surface area contributed by atoms with Crippen molar-refractivity contribution in [2.75, 3.05) is 32.7 Å². The molecule has 1 heterocycles. The SMILES string of the molecule is CC(CN)(CC1CCC1)N1CCN(C2CCCC2)CC1. The molecule has 2 saturated carbocycles. The quantitative estimate of drug-likeness (QED) is 0.839. The Hall–Kier alpha value is -0.120. The highest BCUT2D eigenvalue weighted by Gasteiger charge is 2.37. The number of nitrogens with two attached hydrogens (primary N) is 1. The number of rotatable bonds is 5. The molecule has 0 bridgehead atoms. The topological polar surface area (TPSA) is 32.5 Å². The van der Waals surface area contributed by atoms with Crippen LogP contribution in [-0.4, -0.2) is 54.1 Å². The van der Waals surface area contributed by atoms with Gasteiger partial charge in [0.05, 0.1) is 0 Å². The second-order valence-electron chi connectivity index (χ2n) is 7.66. The molecule has 0 aromatic carbocycles. The van der Waals surface area contributed by atoms with Crippen molar-refractivity contribution in [3.05, 3.63) is 0 Å². The maximum absolute atomic E-state index is 6.17. The van der Waals surface area contributed by atoms with Crippen LogP contribution in [0.2, 0.25) is 0 Å². The van der Waals surface area contributed by atoms with E-state index in [9.17, 15) is 0 Å². The van der Waals surface area contributed by atoms with Gasteiger partial charge < -0.3 is 5.73 Å². The van der Waals surface area contributed by atoms with E-state index in [0.29, 0.717) is 0 Å². The van der Waals surface area contributed by atoms with Crippen molar-refractivity contribution in [1.29, 1.82) is 0 Å². The van der Waals surface area contributed by atoms with Crippen LogP contribution in [0.15, 0.2) is 0 Å². The maximum atomic E-state index is 6.17.